The number of ether oxygens (including phenoxy) is 1. The molecule has 0 unspecified atom stereocenters. The Labute approximate surface area is 352 Å². The Morgan fingerprint density at radius 3 is 1.88 bits per heavy atom. The topological polar surface area (TPSA) is 277 Å². The van der Waals surface area contributed by atoms with Crippen molar-refractivity contribution in [2.24, 2.45) is 20.5 Å². The van der Waals surface area contributed by atoms with Crippen molar-refractivity contribution in [3.8, 4) is 11.5 Å². The molecule has 0 aromatic heterocycles. The quantitative estimate of drug-likeness (QED) is 0.0665. The summed E-state index contributed by atoms with van der Waals surface area (Å²) < 4.78 is 113. The van der Waals surface area contributed by atoms with E-state index in [1.807, 2.05) is 0 Å². The summed E-state index contributed by atoms with van der Waals surface area (Å²) in [7, 11) is -14.1. The molecule has 0 saturated heterocycles. The van der Waals surface area contributed by atoms with Crippen molar-refractivity contribution in [1.82, 2.24) is 0 Å². The summed E-state index contributed by atoms with van der Waals surface area (Å²) in [5.74, 6) is -0.563. The van der Waals surface area contributed by atoms with Gasteiger partial charge in [-0.15, -0.1) is 10.2 Å². The summed E-state index contributed by atoms with van der Waals surface area (Å²) in [5.41, 5.74) is 5.43. The second kappa shape index (κ2) is 16.7. The number of methoxy groups -OCH3 is 1. The molecule has 0 aliphatic rings. The Bertz CT molecular complexity index is 2530. The average Bonchev–Trinajstić information content (AvgIpc) is 2.97. The summed E-state index contributed by atoms with van der Waals surface area (Å²) >= 11 is 0. The molecule has 0 fully saturated rings. The molecule has 0 radical (unpaired) electrons. The van der Waals surface area contributed by atoms with Crippen molar-refractivity contribution >= 4 is 80.3 Å². The molecule has 0 saturated carbocycles. The van der Waals surface area contributed by atoms with E-state index in [1.165, 1.54) is 37.4 Å². The molecular weight excluding hydrogens is 748 g/mol. The first-order valence-electron chi connectivity index (χ1n) is 12.9. The van der Waals surface area contributed by atoms with Gasteiger partial charge in [-0.3, -0.25) is 0 Å². The second-order valence-corrected chi connectivity index (χ2v) is 14.0. The molecule has 16 nitrogen and oxygen atoms in total. The first kappa shape index (κ1) is 44.1. The fourth-order valence-electron chi connectivity index (χ4n) is 4.67. The summed E-state index contributed by atoms with van der Waals surface area (Å²) in [6.45, 7) is 1.58. The number of aryl methyl sites for hydroxylation is 1. The average molecular weight is 768 g/mol. The molecule has 0 heterocycles. The zero-order valence-corrected chi connectivity index (χ0v) is 35.4. The van der Waals surface area contributed by atoms with Gasteiger partial charge in [0.2, 0.25) is 0 Å². The molecular formula is C28H20N5Na3O11S3. The van der Waals surface area contributed by atoms with E-state index in [-0.39, 0.29) is 139 Å². The Balaban J connectivity index is 0.00000289. The minimum atomic E-state index is -5.17. The number of azo groups is 2. The van der Waals surface area contributed by atoms with Crippen molar-refractivity contribution in [2.45, 2.75) is 21.6 Å². The SMILES string of the molecule is COc1cc(C)c(N=Nc2cc(S(=O)(=O)[O-])c3cccc(S(=O)(=O)[O-])c3c2)cc1N=Nc1c(S(=O)(=O)[O-])cc2cc(N)ccc2c1O.[Na+].[Na+].[Na+]. The van der Waals surface area contributed by atoms with E-state index in [2.05, 4.69) is 20.5 Å². The van der Waals surface area contributed by atoms with E-state index in [9.17, 15) is 44.0 Å². The number of fused-ring (bicyclic) bond motifs is 2. The molecule has 0 spiro atoms. The molecule has 5 aromatic rings. The van der Waals surface area contributed by atoms with E-state index in [1.54, 1.807) is 6.92 Å². The molecule has 3 N–H and O–H groups in total. The van der Waals surface area contributed by atoms with Crippen LogP contribution in [0, 0.1) is 6.92 Å². The number of hydrogen-bond donors (Lipinski definition) is 2. The molecule has 22 heteroatoms. The monoisotopic (exact) mass is 767 g/mol. The van der Waals surface area contributed by atoms with Crippen LogP contribution >= 0.6 is 0 Å². The van der Waals surface area contributed by atoms with Gasteiger partial charge in [-0.1, -0.05) is 12.1 Å². The number of anilines is 1. The number of phenolic OH excluding ortho intramolecular Hbond substituents is 1. The molecule has 5 rings (SSSR count). The van der Waals surface area contributed by atoms with Crippen molar-refractivity contribution in [2.75, 3.05) is 12.8 Å². The maximum Gasteiger partial charge on any atom is 1.00 e. The summed E-state index contributed by atoms with van der Waals surface area (Å²) in [6.07, 6.45) is 0. The van der Waals surface area contributed by atoms with E-state index in [0.29, 0.717) is 5.56 Å². The Kier molecular flexibility index (Phi) is 14.8. The third-order valence-electron chi connectivity index (χ3n) is 6.81. The minimum absolute atomic E-state index is 0. The molecule has 50 heavy (non-hydrogen) atoms. The van der Waals surface area contributed by atoms with Gasteiger partial charge in [-0.05, 0) is 72.5 Å². The van der Waals surface area contributed by atoms with Gasteiger partial charge in [0.25, 0.3) is 0 Å². The maximum atomic E-state index is 12.1. The van der Waals surface area contributed by atoms with Crippen LogP contribution in [0.15, 0.2) is 102 Å². The predicted molar refractivity (Wildman–Crippen MR) is 164 cm³/mol. The first-order valence-corrected chi connectivity index (χ1v) is 17.1. The molecule has 0 amide bonds. The van der Waals surface area contributed by atoms with E-state index >= 15 is 0 Å². The van der Waals surface area contributed by atoms with Crippen LogP contribution < -0.4 is 99.1 Å². The third-order valence-corrected chi connectivity index (χ3v) is 9.44. The molecule has 0 bridgehead atoms. The van der Waals surface area contributed by atoms with Gasteiger partial charge in [0.15, 0.2) is 5.75 Å². The molecule has 0 aliphatic heterocycles. The smallest absolute Gasteiger partial charge is 0.744 e. The fourth-order valence-corrected chi connectivity index (χ4v) is 6.71. The normalized spacial score (nSPS) is 12.1. The van der Waals surface area contributed by atoms with Crippen molar-refractivity contribution in [1.29, 1.82) is 0 Å². The summed E-state index contributed by atoms with van der Waals surface area (Å²) in [4.78, 5) is -2.49. The Morgan fingerprint density at radius 1 is 0.660 bits per heavy atom. The zero-order valence-electron chi connectivity index (χ0n) is 27.0. The Hall–Kier alpha value is -2.05. The fraction of sp³-hybridized carbons (Fsp3) is 0.0714. The van der Waals surface area contributed by atoms with Crippen LogP contribution in [-0.2, 0) is 30.4 Å². The van der Waals surface area contributed by atoms with Crippen LogP contribution in [0.1, 0.15) is 5.56 Å². The van der Waals surface area contributed by atoms with Crippen LogP contribution in [0.2, 0.25) is 0 Å². The van der Waals surface area contributed by atoms with Crippen molar-refractivity contribution in [3.05, 3.63) is 72.3 Å². The van der Waals surface area contributed by atoms with Crippen LogP contribution in [-0.4, -0.2) is 51.1 Å². The van der Waals surface area contributed by atoms with Gasteiger partial charge in [0, 0.05) is 21.8 Å². The zero-order chi connectivity index (χ0) is 34.5. The number of benzene rings is 5. The second-order valence-electron chi connectivity index (χ2n) is 9.92. The number of hydrogen-bond acceptors (Lipinski definition) is 16. The molecule has 5 aromatic carbocycles. The summed E-state index contributed by atoms with van der Waals surface area (Å²) in [6, 6.07) is 13.1. The number of nitrogens with two attached hydrogens (primary N) is 1. The summed E-state index contributed by atoms with van der Waals surface area (Å²) in [5, 5.41) is 26.3. The maximum absolute atomic E-state index is 12.1. The van der Waals surface area contributed by atoms with E-state index in [4.69, 9.17) is 10.5 Å². The Morgan fingerprint density at radius 2 is 1.28 bits per heavy atom. The molecule has 0 aliphatic carbocycles. The van der Waals surface area contributed by atoms with Gasteiger partial charge in [0.1, 0.15) is 47.5 Å². The van der Waals surface area contributed by atoms with E-state index in [0.717, 1.165) is 36.4 Å². The standard InChI is InChI=1S/C28H23N5O11S3.3Na/c1-14-8-23(44-2)22(32-33-27-26(47(41,42)43)10-15-9-16(29)6-7-18(15)28(27)34)13-21(14)31-30-17-11-20-19(25(12-17)46(38,39)40)4-3-5-24(20)45(35,36)37;;;/h3-13,34H,29H2,1-2H3,(H,35,36,37)(H,38,39,40)(H,41,42,43);;;/q;3*+1/p-3. The van der Waals surface area contributed by atoms with Crippen molar-refractivity contribution in [3.63, 3.8) is 0 Å². The molecule has 244 valence electrons. The number of nitrogen functional groups attached to an aromatic ring is 1. The van der Waals surface area contributed by atoms with Crippen LogP contribution in [0.3, 0.4) is 0 Å². The minimum Gasteiger partial charge on any atom is -0.744 e. The number of phenols is 1. The van der Waals surface area contributed by atoms with Gasteiger partial charge < -0.3 is 29.2 Å². The largest absolute Gasteiger partial charge is 1.00 e. The van der Waals surface area contributed by atoms with Crippen LogP contribution in [0.4, 0.5) is 28.4 Å². The van der Waals surface area contributed by atoms with Gasteiger partial charge in [0.05, 0.1) is 33.2 Å². The third kappa shape index (κ3) is 9.48. The molecule has 0 atom stereocenters. The van der Waals surface area contributed by atoms with E-state index < -0.39 is 56.5 Å². The van der Waals surface area contributed by atoms with Gasteiger partial charge in [-0.2, -0.15) is 10.2 Å². The van der Waals surface area contributed by atoms with Crippen LogP contribution in [0.5, 0.6) is 11.5 Å². The first-order chi connectivity index (χ1) is 21.9. The number of nitrogens with zero attached hydrogens (tertiary/aromatic N) is 4. The predicted octanol–water partition coefficient (Wildman–Crippen LogP) is -3.85. The van der Waals surface area contributed by atoms with Gasteiger partial charge in [-0.25, -0.2) is 25.3 Å². The van der Waals surface area contributed by atoms with Crippen molar-refractivity contribution < 1.29 is 137 Å². The van der Waals surface area contributed by atoms with Crippen LogP contribution in [0.25, 0.3) is 21.5 Å². The number of aromatic hydroxyl groups is 1. The number of rotatable bonds is 8. The van der Waals surface area contributed by atoms with Gasteiger partial charge >= 0.3 is 88.7 Å².